The minimum absolute atomic E-state index is 0.111. The van der Waals surface area contributed by atoms with E-state index in [1.165, 1.54) is 12.8 Å². The highest BCUT2D eigenvalue weighted by Gasteiger charge is 2.28. The molecule has 0 aliphatic carbocycles. The van der Waals surface area contributed by atoms with Gasteiger partial charge in [-0.15, -0.1) is 0 Å². The van der Waals surface area contributed by atoms with Gasteiger partial charge in [-0.25, -0.2) is 4.57 Å². The molecule has 0 aromatic heterocycles. The number of carbonyl (C=O) groups excluding carboxylic acids is 2. The van der Waals surface area contributed by atoms with Crippen molar-refractivity contribution in [2.45, 2.75) is 141 Å². The zero-order valence-electron chi connectivity index (χ0n) is 34.6. The van der Waals surface area contributed by atoms with Crippen molar-refractivity contribution in [2.75, 3.05) is 19.8 Å². The van der Waals surface area contributed by atoms with Crippen molar-refractivity contribution in [1.29, 1.82) is 0 Å². The Morgan fingerprint density at radius 1 is 0.655 bits per heavy atom. The monoisotopic (exact) mass is 835 g/mol. The number of aliphatic hydroxyl groups is 2. The third kappa shape index (κ3) is 36.6. The lowest BCUT2D eigenvalue weighted by molar-refractivity contribution is -0.161. The van der Waals surface area contributed by atoms with E-state index in [1.54, 1.807) is 36.5 Å². The van der Waals surface area contributed by atoms with E-state index in [2.05, 4.69) is 73.1 Å². The first-order chi connectivity index (χ1) is 27.9. The van der Waals surface area contributed by atoms with Gasteiger partial charge in [-0.05, 0) is 77.0 Å². The molecule has 0 bridgehead atoms. The van der Waals surface area contributed by atoms with Crippen LogP contribution in [-0.4, -0.2) is 82.3 Å². The number of rotatable bonds is 36. The third-order valence-electron chi connectivity index (χ3n) is 8.01. The summed E-state index contributed by atoms with van der Waals surface area (Å²) in [6.45, 7) is 2.30. The number of hydrogen-bond donors (Lipinski definition) is 5. The minimum Gasteiger partial charge on any atom is -0.480 e. The zero-order chi connectivity index (χ0) is 43.1. The molecule has 58 heavy (non-hydrogen) atoms. The normalized spacial score (nSPS) is 15.8. The number of esters is 2. The van der Waals surface area contributed by atoms with E-state index in [0.29, 0.717) is 12.8 Å². The first kappa shape index (κ1) is 54.3. The summed E-state index contributed by atoms with van der Waals surface area (Å²) in [6, 6.07) is -1.57. The Balaban J connectivity index is 4.77. The predicted octanol–water partition coefficient (Wildman–Crippen LogP) is 8.44. The van der Waals surface area contributed by atoms with Gasteiger partial charge in [0.15, 0.2) is 6.10 Å². The molecule has 0 aromatic carbocycles. The van der Waals surface area contributed by atoms with Gasteiger partial charge in [-0.1, -0.05) is 124 Å². The average Bonchev–Trinajstić information content (AvgIpc) is 3.19. The van der Waals surface area contributed by atoms with Crippen LogP contribution in [0.3, 0.4) is 0 Å². The van der Waals surface area contributed by atoms with E-state index >= 15 is 0 Å². The van der Waals surface area contributed by atoms with Gasteiger partial charge in [0.1, 0.15) is 12.6 Å². The Bertz CT molecular complexity index is 1380. The number of allylic oxidation sites excluding steroid dienone is 13. The van der Waals surface area contributed by atoms with Crippen LogP contribution in [-0.2, 0) is 37.5 Å². The van der Waals surface area contributed by atoms with Crippen LogP contribution in [0, 0.1) is 0 Å². The fourth-order valence-corrected chi connectivity index (χ4v) is 5.50. The molecule has 5 atom stereocenters. The number of ether oxygens (including phenoxy) is 2. The molecule has 0 saturated carbocycles. The van der Waals surface area contributed by atoms with Gasteiger partial charge < -0.3 is 35.4 Å². The van der Waals surface area contributed by atoms with E-state index in [-0.39, 0.29) is 25.7 Å². The van der Waals surface area contributed by atoms with Crippen LogP contribution in [0.25, 0.3) is 0 Å². The number of aliphatic hydroxyl groups excluding tert-OH is 2. The lowest BCUT2D eigenvalue weighted by Gasteiger charge is -2.20. The van der Waals surface area contributed by atoms with Crippen LogP contribution in [0.2, 0.25) is 0 Å². The number of phosphoric acid groups is 1. The number of unbranched alkanes of at least 4 members (excludes halogenated alkanes) is 5. The first-order valence-corrected chi connectivity index (χ1v) is 22.0. The van der Waals surface area contributed by atoms with Crippen LogP contribution in [0.1, 0.15) is 117 Å². The highest BCUT2D eigenvalue weighted by molar-refractivity contribution is 7.47. The summed E-state index contributed by atoms with van der Waals surface area (Å²) < 4.78 is 32.4. The Labute approximate surface area is 346 Å². The molecule has 328 valence electrons. The standard InChI is InChI=1S/C44H70NO12P/c1-3-5-7-9-11-12-13-14-15-16-17-18-19-21-27-33-42(48)54-35-40(36-55-58(52,53)56-37-41(45)44(50)51)57-43(49)34-28-32-39(47)31-26-23-22-25-30-38(46)29-24-20-10-8-6-4-2/h5,7,11-12,14-15,17-18,20,22-26,30-31,38-41,46-47H,3-4,6,8-10,13,16,19,21,27-29,32-37,45H2,1-2H3,(H,50,51)(H,52,53)/b7-5-,12-11-,15-14-,18-17-,23-22+,24-20-,30-25+,31-26-/t38-,39-,40+,41-/m0/s1. The van der Waals surface area contributed by atoms with Crippen molar-refractivity contribution >= 4 is 25.7 Å². The lowest BCUT2D eigenvalue weighted by Crippen LogP contribution is -2.34. The summed E-state index contributed by atoms with van der Waals surface area (Å²) in [4.78, 5) is 45.9. The molecule has 0 aliphatic rings. The second-order valence-corrected chi connectivity index (χ2v) is 14.9. The molecule has 6 N–H and O–H groups in total. The Hall–Kier alpha value is -3.68. The fraction of sp³-hybridized carbons (Fsp3) is 0.568. The molecule has 0 spiro atoms. The van der Waals surface area contributed by atoms with Crippen LogP contribution in [0.5, 0.6) is 0 Å². The number of phosphoric ester groups is 1. The Kier molecular flexibility index (Phi) is 35.2. The number of aliphatic carboxylic acids is 1. The van der Waals surface area contributed by atoms with Crippen LogP contribution in [0.4, 0.5) is 0 Å². The summed E-state index contributed by atoms with van der Waals surface area (Å²) >= 11 is 0. The summed E-state index contributed by atoms with van der Waals surface area (Å²) in [5, 5.41) is 29.2. The van der Waals surface area contributed by atoms with Crippen LogP contribution in [0.15, 0.2) is 97.2 Å². The van der Waals surface area contributed by atoms with Crippen molar-refractivity contribution in [3.8, 4) is 0 Å². The molecule has 0 radical (unpaired) electrons. The number of carbonyl (C=O) groups is 3. The second-order valence-electron chi connectivity index (χ2n) is 13.4. The molecule has 0 heterocycles. The molecule has 13 nitrogen and oxygen atoms in total. The summed E-state index contributed by atoms with van der Waals surface area (Å²) in [6.07, 6.45) is 39.7. The SMILES string of the molecule is CC/C=C\C/C=C\C/C=C\C/C=C\CCCCC(=O)OC[C@H](COP(=O)(O)OC[C@H](N)C(=O)O)OC(=O)CCC[C@@H](O)\C=C/C=C/C=C/[C@@H](O)C/C=C\CCCCC. The smallest absolute Gasteiger partial charge is 0.472 e. The molecule has 0 rings (SSSR count). The van der Waals surface area contributed by atoms with Gasteiger partial charge >= 0.3 is 25.7 Å². The van der Waals surface area contributed by atoms with Crippen molar-refractivity contribution < 1.29 is 57.7 Å². The number of nitrogens with two attached hydrogens (primary N) is 1. The molecule has 14 heteroatoms. The Morgan fingerprint density at radius 2 is 1.21 bits per heavy atom. The third-order valence-corrected chi connectivity index (χ3v) is 8.96. The predicted molar refractivity (Wildman–Crippen MR) is 229 cm³/mol. The molecule has 1 unspecified atom stereocenters. The quantitative estimate of drug-likeness (QED) is 0.0132. The summed E-state index contributed by atoms with van der Waals surface area (Å²) in [7, 11) is -4.80. The number of carboxylic acid groups (broad SMARTS) is 1. The van der Waals surface area contributed by atoms with E-state index in [4.69, 9.17) is 24.8 Å². The molecule has 0 aromatic rings. The zero-order valence-corrected chi connectivity index (χ0v) is 35.5. The van der Waals surface area contributed by atoms with Gasteiger partial charge in [0.2, 0.25) is 0 Å². The molecule has 0 aliphatic heterocycles. The van der Waals surface area contributed by atoms with E-state index in [1.807, 2.05) is 6.08 Å². The molecule has 0 amide bonds. The van der Waals surface area contributed by atoms with Gasteiger partial charge in [0.25, 0.3) is 0 Å². The number of hydrogen-bond acceptors (Lipinski definition) is 11. The van der Waals surface area contributed by atoms with Crippen LogP contribution >= 0.6 is 7.82 Å². The second kappa shape index (κ2) is 37.6. The van der Waals surface area contributed by atoms with Gasteiger partial charge in [-0.3, -0.25) is 23.4 Å². The summed E-state index contributed by atoms with van der Waals surface area (Å²) in [5.74, 6) is -2.72. The maximum atomic E-state index is 12.6. The first-order valence-electron chi connectivity index (χ1n) is 20.5. The number of carboxylic acids is 1. The van der Waals surface area contributed by atoms with Crippen molar-refractivity contribution in [2.24, 2.45) is 5.73 Å². The molecular weight excluding hydrogens is 765 g/mol. The van der Waals surface area contributed by atoms with Gasteiger partial charge in [-0.2, -0.15) is 0 Å². The van der Waals surface area contributed by atoms with E-state index < -0.39 is 69.9 Å². The van der Waals surface area contributed by atoms with Crippen molar-refractivity contribution in [1.82, 2.24) is 0 Å². The maximum Gasteiger partial charge on any atom is 0.472 e. The van der Waals surface area contributed by atoms with E-state index in [0.717, 1.165) is 51.4 Å². The van der Waals surface area contributed by atoms with Crippen molar-refractivity contribution in [3.63, 3.8) is 0 Å². The molecule has 0 saturated heterocycles. The van der Waals surface area contributed by atoms with E-state index in [9.17, 15) is 34.1 Å². The van der Waals surface area contributed by atoms with Crippen molar-refractivity contribution in [3.05, 3.63) is 97.2 Å². The minimum atomic E-state index is -4.80. The fourth-order valence-electron chi connectivity index (χ4n) is 4.72. The van der Waals surface area contributed by atoms with Crippen LogP contribution < -0.4 is 5.73 Å². The largest absolute Gasteiger partial charge is 0.480 e. The highest BCUT2D eigenvalue weighted by Crippen LogP contribution is 2.43. The average molecular weight is 836 g/mol. The summed E-state index contributed by atoms with van der Waals surface area (Å²) in [5.41, 5.74) is 5.30. The van der Waals surface area contributed by atoms with Gasteiger partial charge in [0.05, 0.1) is 25.4 Å². The topological polar surface area (TPSA) is 212 Å². The molecule has 0 fully saturated rings. The highest BCUT2D eigenvalue weighted by atomic mass is 31.2. The molecular formula is C44H70NO12P. The van der Waals surface area contributed by atoms with Gasteiger partial charge in [0, 0.05) is 12.8 Å². The maximum absolute atomic E-state index is 12.6. The lowest BCUT2D eigenvalue weighted by atomic mass is 10.1. The Morgan fingerprint density at radius 3 is 1.83 bits per heavy atom.